The maximum Gasteiger partial charge on any atom is 0.317 e. The predicted octanol–water partition coefficient (Wildman–Crippen LogP) is 3.35. The monoisotopic (exact) mass is 360 g/mol. The highest BCUT2D eigenvalue weighted by atomic mass is 16.6. The summed E-state index contributed by atoms with van der Waals surface area (Å²) in [6, 6.07) is 9.92. The van der Waals surface area contributed by atoms with Crippen LogP contribution in [0.3, 0.4) is 0 Å². The van der Waals surface area contributed by atoms with Crippen LogP contribution in [0.2, 0.25) is 0 Å². The predicted molar refractivity (Wildman–Crippen MR) is 97.3 cm³/mol. The first kappa shape index (κ1) is 20.1. The van der Waals surface area contributed by atoms with Gasteiger partial charge in [-0.1, -0.05) is 30.3 Å². The van der Waals surface area contributed by atoms with Crippen molar-refractivity contribution in [2.75, 3.05) is 7.11 Å². The minimum atomic E-state index is -0.907. The number of hydrogen-bond acceptors (Lipinski definition) is 5. The standard InChI is InChI=1S/C21H28O5/c1-21(2,3)26-20(24)19-16(13-18(23)25-4)15(10-11-17(19)22)12-14-8-6-5-7-9-14/h5-9,15-16,19H,10-13H2,1-4H3/t15-,16+,19?/m1/s1. The van der Waals surface area contributed by atoms with Crippen molar-refractivity contribution >= 4 is 17.7 Å². The molecule has 0 aliphatic heterocycles. The molecule has 5 nitrogen and oxygen atoms in total. The average Bonchev–Trinajstić information content (AvgIpc) is 2.56. The van der Waals surface area contributed by atoms with E-state index < -0.39 is 29.4 Å². The van der Waals surface area contributed by atoms with E-state index in [0.717, 1.165) is 12.0 Å². The number of carbonyl (C=O) groups is 3. The molecule has 0 aromatic heterocycles. The van der Waals surface area contributed by atoms with E-state index in [4.69, 9.17) is 9.47 Å². The molecular formula is C21H28O5. The average molecular weight is 360 g/mol. The Labute approximate surface area is 155 Å². The fourth-order valence-corrected chi connectivity index (χ4v) is 3.61. The molecular weight excluding hydrogens is 332 g/mol. The van der Waals surface area contributed by atoms with Gasteiger partial charge in [0, 0.05) is 12.8 Å². The smallest absolute Gasteiger partial charge is 0.317 e. The van der Waals surface area contributed by atoms with E-state index in [1.807, 2.05) is 30.3 Å². The van der Waals surface area contributed by atoms with Gasteiger partial charge in [-0.15, -0.1) is 0 Å². The van der Waals surface area contributed by atoms with Crippen molar-refractivity contribution in [3.05, 3.63) is 35.9 Å². The molecule has 1 aliphatic carbocycles. The Morgan fingerprint density at radius 3 is 2.38 bits per heavy atom. The fourth-order valence-electron chi connectivity index (χ4n) is 3.61. The second kappa shape index (κ2) is 8.47. The highest BCUT2D eigenvalue weighted by molar-refractivity contribution is 6.00. The van der Waals surface area contributed by atoms with Crippen LogP contribution >= 0.6 is 0 Å². The van der Waals surface area contributed by atoms with E-state index >= 15 is 0 Å². The van der Waals surface area contributed by atoms with Gasteiger partial charge in [0.2, 0.25) is 0 Å². The van der Waals surface area contributed by atoms with Crippen molar-refractivity contribution in [1.29, 1.82) is 0 Å². The Bertz CT molecular complexity index is 644. The van der Waals surface area contributed by atoms with Crippen molar-refractivity contribution in [2.45, 2.75) is 52.1 Å². The maximum absolute atomic E-state index is 12.7. The molecule has 0 saturated heterocycles. The first-order valence-corrected chi connectivity index (χ1v) is 9.07. The lowest BCUT2D eigenvalue weighted by Crippen LogP contribution is -2.44. The largest absolute Gasteiger partial charge is 0.469 e. The van der Waals surface area contributed by atoms with Crippen LogP contribution in [0.1, 0.15) is 45.6 Å². The number of ketones is 1. The third-order valence-electron chi connectivity index (χ3n) is 4.77. The van der Waals surface area contributed by atoms with Gasteiger partial charge in [0.1, 0.15) is 17.3 Å². The quantitative estimate of drug-likeness (QED) is 0.595. The van der Waals surface area contributed by atoms with Crippen LogP contribution < -0.4 is 0 Å². The molecule has 0 bridgehead atoms. The fraction of sp³-hybridized carbons (Fsp3) is 0.571. The van der Waals surface area contributed by atoms with E-state index in [1.54, 1.807) is 20.8 Å². The van der Waals surface area contributed by atoms with Crippen molar-refractivity contribution in [2.24, 2.45) is 17.8 Å². The van der Waals surface area contributed by atoms with Gasteiger partial charge >= 0.3 is 11.9 Å². The lowest BCUT2D eigenvalue weighted by molar-refractivity contribution is -0.167. The second-order valence-electron chi connectivity index (χ2n) is 7.91. The number of hydrogen-bond donors (Lipinski definition) is 0. The summed E-state index contributed by atoms with van der Waals surface area (Å²) in [5.74, 6) is -2.34. The van der Waals surface area contributed by atoms with Gasteiger partial charge in [-0.25, -0.2) is 0 Å². The number of ether oxygens (including phenoxy) is 2. The van der Waals surface area contributed by atoms with Crippen LogP contribution in [-0.4, -0.2) is 30.4 Å². The lowest BCUT2D eigenvalue weighted by atomic mass is 9.68. The molecule has 1 fully saturated rings. The molecule has 2 rings (SSSR count). The molecule has 0 N–H and O–H groups in total. The molecule has 0 radical (unpaired) electrons. The molecule has 0 amide bonds. The van der Waals surface area contributed by atoms with Crippen molar-refractivity contribution in [3.63, 3.8) is 0 Å². The molecule has 26 heavy (non-hydrogen) atoms. The van der Waals surface area contributed by atoms with Crippen LogP contribution in [0.4, 0.5) is 0 Å². The van der Waals surface area contributed by atoms with Crippen LogP contribution in [0, 0.1) is 17.8 Å². The highest BCUT2D eigenvalue weighted by Gasteiger charge is 2.45. The number of rotatable bonds is 5. The van der Waals surface area contributed by atoms with E-state index in [9.17, 15) is 14.4 Å². The topological polar surface area (TPSA) is 69.7 Å². The Morgan fingerprint density at radius 2 is 1.81 bits per heavy atom. The molecule has 1 aromatic carbocycles. The molecule has 142 valence electrons. The minimum Gasteiger partial charge on any atom is -0.469 e. The van der Waals surface area contributed by atoms with Gasteiger partial charge in [0.25, 0.3) is 0 Å². The molecule has 0 spiro atoms. The molecule has 1 unspecified atom stereocenters. The summed E-state index contributed by atoms with van der Waals surface area (Å²) in [6.07, 6.45) is 1.76. The summed E-state index contributed by atoms with van der Waals surface area (Å²) >= 11 is 0. The summed E-state index contributed by atoms with van der Waals surface area (Å²) in [7, 11) is 1.32. The van der Waals surface area contributed by atoms with Gasteiger partial charge in [0.05, 0.1) is 7.11 Å². The third-order valence-corrected chi connectivity index (χ3v) is 4.77. The van der Waals surface area contributed by atoms with Crippen molar-refractivity contribution < 1.29 is 23.9 Å². The van der Waals surface area contributed by atoms with Gasteiger partial charge in [-0.05, 0) is 51.0 Å². The third kappa shape index (κ3) is 5.41. The minimum absolute atomic E-state index is 0.0453. The van der Waals surface area contributed by atoms with Gasteiger partial charge < -0.3 is 9.47 Å². The van der Waals surface area contributed by atoms with Gasteiger partial charge in [0.15, 0.2) is 0 Å². The molecule has 1 aromatic rings. The molecule has 1 saturated carbocycles. The SMILES string of the molecule is COC(=O)C[C@@H]1C(C(=O)OC(C)(C)C)C(=O)CC[C@@H]1Cc1ccccc1. The summed E-state index contributed by atoms with van der Waals surface area (Å²) in [5, 5.41) is 0. The van der Waals surface area contributed by atoms with Crippen LogP contribution in [0.25, 0.3) is 0 Å². The van der Waals surface area contributed by atoms with Gasteiger partial charge in [-0.3, -0.25) is 14.4 Å². The second-order valence-corrected chi connectivity index (χ2v) is 7.91. The zero-order valence-corrected chi connectivity index (χ0v) is 16.0. The van der Waals surface area contributed by atoms with E-state index in [0.29, 0.717) is 12.8 Å². The number of benzene rings is 1. The normalized spacial score (nSPS) is 23.4. The number of carbonyl (C=O) groups excluding carboxylic acids is 3. The molecule has 0 heterocycles. The Kier molecular flexibility index (Phi) is 6.57. The highest BCUT2D eigenvalue weighted by Crippen LogP contribution is 2.38. The summed E-state index contributed by atoms with van der Waals surface area (Å²) in [4.78, 5) is 37.2. The Balaban J connectivity index is 2.27. The van der Waals surface area contributed by atoms with E-state index in [-0.39, 0.29) is 18.1 Å². The van der Waals surface area contributed by atoms with Crippen molar-refractivity contribution in [1.82, 2.24) is 0 Å². The number of esters is 2. The summed E-state index contributed by atoms with van der Waals surface area (Å²) in [6.45, 7) is 5.32. The van der Waals surface area contributed by atoms with Crippen LogP contribution in [0.15, 0.2) is 30.3 Å². The molecule has 5 heteroatoms. The molecule has 1 aliphatic rings. The Morgan fingerprint density at radius 1 is 1.15 bits per heavy atom. The van der Waals surface area contributed by atoms with E-state index in [2.05, 4.69) is 0 Å². The van der Waals surface area contributed by atoms with Crippen molar-refractivity contribution in [3.8, 4) is 0 Å². The lowest BCUT2D eigenvalue weighted by Gasteiger charge is -2.36. The maximum atomic E-state index is 12.7. The summed E-state index contributed by atoms with van der Waals surface area (Å²) in [5.41, 5.74) is 0.448. The zero-order valence-electron chi connectivity index (χ0n) is 16.0. The van der Waals surface area contributed by atoms with Gasteiger partial charge in [-0.2, -0.15) is 0 Å². The first-order valence-electron chi connectivity index (χ1n) is 9.07. The Hall–Kier alpha value is -2.17. The zero-order chi connectivity index (χ0) is 19.3. The first-order chi connectivity index (χ1) is 12.2. The van der Waals surface area contributed by atoms with E-state index in [1.165, 1.54) is 7.11 Å². The van der Waals surface area contributed by atoms with Crippen LogP contribution in [0.5, 0.6) is 0 Å². The number of Topliss-reactive ketones (excluding diaryl/α,β-unsaturated/α-hetero) is 1. The van der Waals surface area contributed by atoms with Crippen LogP contribution in [-0.2, 0) is 30.3 Å². The molecule has 3 atom stereocenters. The number of methoxy groups -OCH3 is 1. The summed E-state index contributed by atoms with van der Waals surface area (Å²) < 4.78 is 10.3.